The molecular weight excluding hydrogens is 216 g/mol. The summed E-state index contributed by atoms with van der Waals surface area (Å²) >= 11 is 0. The smallest absolute Gasteiger partial charge is 0.269 e. The molecule has 1 rings (SSSR count). The Morgan fingerprint density at radius 2 is 2.29 bits per heavy atom. The van der Waals surface area contributed by atoms with Gasteiger partial charge in [0, 0.05) is 18.3 Å². The molecule has 0 spiro atoms. The maximum Gasteiger partial charge on any atom is 0.269 e. The molecule has 0 bridgehead atoms. The van der Waals surface area contributed by atoms with Gasteiger partial charge in [-0.3, -0.25) is 4.79 Å². The minimum atomic E-state index is -0.184. The Labute approximate surface area is 101 Å². The van der Waals surface area contributed by atoms with E-state index in [0.29, 0.717) is 23.7 Å². The highest BCUT2D eigenvalue weighted by molar-refractivity contribution is 5.92. The van der Waals surface area contributed by atoms with E-state index in [1.165, 1.54) is 6.20 Å². The van der Waals surface area contributed by atoms with Crippen molar-refractivity contribution in [3.8, 4) is 11.8 Å². The molecule has 0 aliphatic heterocycles. The first-order chi connectivity index (χ1) is 8.13. The summed E-state index contributed by atoms with van der Waals surface area (Å²) in [6, 6.07) is 3.33. The van der Waals surface area contributed by atoms with Gasteiger partial charge in [0.15, 0.2) is 0 Å². The molecule has 0 radical (unpaired) electrons. The second-order valence-corrected chi connectivity index (χ2v) is 4.00. The second kappa shape index (κ2) is 6.66. The molecule has 1 heterocycles. The summed E-state index contributed by atoms with van der Waals surface area (Å²) < 4.78 is 0. The van der Waals surface area contributed by atoms with Crippen LogP contribution < -0.4 is 5.32 Å². The van der Waals surface area contributed by atoms with Gasteiger partial charge in [0.25, 0.3) is 5.91 Å². The van der Waals surface area contributed by atoms with Crippen molar-refractivity contribution >= 4 is 5.91 Å². The van der Waals surface area contributed by atoms with Gasteiger partial charge in [-0.25, -0.2) is 4.98 Å². The Morgan fingerprint density at radius 3 is 2.82 bits per heavy atom. The van der Waals surface area contributed by atoms with Gasteiger partial charge in [-0.2, -0.15) is 0 Å². The number of nitrogens with one attached hydrogen (secondary N) is 1. The molecule has 2 N–H and O–H groups in total. The molecule has 0 fully saturated rings. The van der Waals surface area contributed by atoms with Crippen LogP contribution in [0.1, 0.15) is 29.9 Å². The third-order valence-corrected chi connectivity index (χ3v) is 1.98. The van der Waals surface area contributed by atoms with E-state index in [1.54, 1.807) is 12.1 Å². The van der Waals surface area contributed by atoms with E-state index in [0.717, 1.165) is 0 Å². The fourth-order valence-corrected chi connectivity index (χ4v) is 1.13. The number of amides is 1. The second-order valence-electron chi connectivity index (χ2n) is 4.00. The fourth-order valence-electron chi connectivity index (χ4n) is 1.13. The standard InChI is InChI=1S/C13H16N2O2/c1-10(2)8-15-13(17)12-6-5-11(9-14-12)4-3-7-16/h5-6,9-10,16H,7-8H2,1-2H3,(H,15,17). The van der Waals surface area contributed by atoms with Crippen LogP contribution in [0.4, 0.5) is 0 Å². The predicted octanol–water partition coefficient (Wildman–Crippen LogP) is 0.811. The van der Waals surface area contributed by atoms with Gasteiger partial charge in [0.05, 0.1) is 0 Å². The van der Waals surface area contributed by atoms with E-state index >= 15 is 0 Å². The molecule has 0 saturated heterocycles. The van der Waals surface area contributed by atoms with Crippen molar-refractivity contribution in [3.05, 3.63) is 29.6 Å². The Kier molecular flexibility index (Phi) is 5.18. The van der Waals surface area contributed by atoms with Gasteiger partial charge in [-0.05, 0) is 18.1 Å². The highest BCUT2D eigenvalue weighted by atomic mass is 16.2. The van der Waals surface area contributed by atoms with Gasteiger partial charge >= 0.3 is 0 Å². The fraction of sp³-hybridized carbons (Fsp3) is 0.385. The quantitative estimate of drug-likeness (QED) is 0.758. The SMILES string of the molecule is CC(C)CNC(=O)c1ccc(C#CCO)cn1. The lowest BCUT2D eigenvalue weighted by Crippen LogP contribution is -2.27. The number of hydrogen-bond donors (Lipinski definition) is 2. The van der Waals surface area contributed by atoms with Crippen molar-refractivity contribution in [1.82, 2.24) is 10.3 Å². The Morgan fingerprint density at radius 1 is 1.53 bits per heavy atom. The van der Waals surface area contributed by atoms with Gasteiger partial charge in [0.1, 0.15) is 12.3 Å². The topological polar surface area (TPSA) is 62.2 Å². The van der Waals surface area contributed by atoms with E-state index in [1.807, 2.05) is 13.8 Å². The zero-order valence-electron chi connectivity index (χ0n) is 10.0. The van der Waals surface area contributed by atoms with Crippen molar-refractivity contribution in [1.29, 1.82) is 0 Å². The summed E-state index contributed by atoms with van der Waals surface area (Å²) in [4.78, 5) is 15.6. The van der Waals surface area contributed by atoms with E-state index < -0.39 is 0 Å². The lowest BCUT2D eigenvalue weighted by molar-refractivity contribution is 0.0944. The van der Waals surface area contributed by atoms with E-state index in [9.17, 15) is 4.79 Å². The number of carbonyl (C=O) groups excluding carboxylic acids is 1. The molecular formula is C13H16N2O2. The van der Waals surface area contributed by atoms with E-state index in [4.69, 9.17) is 5.11 Å². The third-order valence-electron chi connectivity index (χ3n) is 1.98. The molecule has 90 valence electrons. The first-order valence-corrected chi connectivity index (χ1v) is 5.47. The van der Waals surface area contributed by atoms with Crippen molar-refractivity contribution in [2.24, 2.45) is 5.92 Å². The molecule has 1 amide bonds. The van der Waals surface area contributed by atoms with Crippen molar-refractivity contribution in [2.45, 2.75) is 13.8 Å². The maximum absolute atomic E-state index is 11.6. The molecule has 0 atom stereocenters. The van der Waals surface area contributed by atoms with Crippen LogP contribution in [-0.4, -0.2) is 29.1 Å². The normalized spacial score (nSPS) is 9.65. The maximum atomic E-state index is 11.6. The lowest BCUT2D eigenvalue weighted by atomic mass is 10.2. The number of carbonyl (C=O) groups is 1. The zero-order chi connectivity index (χ0) is 12.7. The average molecular weight is 232 g/mol. The number of aromatic nitrogens is 1. The van der Waals surface area contributed by atoms with Crippen molar-refractivity contribution in [2.75, 3.05) is 13.2 Å². The molecule has 0 aliphatic rings. The van der Waals surface area contributed by atoms with Gasteiger partial charge in [-0.15, -0.1) is 0 Å². The summed E-state index contributed by atoms with van der Waals surface area (Å²) in [5.74, 6) is 5.47. The zero-order valence-corrected chi connectivity index (χ0v) is 10.0. The van der Waals surface area contributed by atoms with Crippen LogP contribution in [0.3, 0.4) is 0 Å². The van der Waals surface area contributed by atoms with Crippen LogP contribution in [0, 0.1) is 17.8 Å². The summed E-state index contributed by atoms with van der Waals surface area (Å²) in [6.07, 6.45) is 1.52. The lowest BCUT2D eigenvalue weighted by Gasteiger charge is -2.06. The number of aliphatic hydroxyl groups excluding tert-OH is 1. The van der Waals surface area contributed by atoms with Crippen molar-refractivity contribution in [3.63, 3.8) is 0 Å². The number of rotatable bonds is 3. The van der Waals surface area contributed by atoms with Crippen LogP contribution in [-0.2, 0) is 0 Å². The monoisotopic (exact) mass is 232 g/mol. The molecule has 17 heavy (non-hydrogen) atoms. The van der Waals surface area contributed by atoms with Crippen LogP contribution in [0.5, 0.6) is 0 Å². The number of pyridine rings is 1. The van der Waals surface area contributed by atoms with Gasteiger partial charge < -0.3 is 10.4 Å². The third kappa shape index (κ3) is 4.66. The first kappa shape index (κ1) is 13.2. The van der Waals surface area contributed by atoms with E-state index in [2.05, 4.69) is 22.1 Å². The molecule has 4 nitrogen and oxygen atoms in total. The molecule has 4 heteroatoms. The van der Waals surface area contributed by atoms with Crippen LogP contribution >= 0.6 is 0 Å². The summed E-state index contributed by atoms with van der Waals surface area (Å²) in [7, 11) is 0. The minimum absolute atomic E-state index is 0.180. The van der Waals surface area contributed by atoms with Crippen LogP contribution in [0.15, 0.2) is 18.3 Å². The number of nitrogens with zero attached hydrogens (tertiary/aromatic N) is 1. The Hall–Kier alpha value is -1.86. The van der Waals surface area contributed by atoms with Crippen LogP contribution in [0.2, 0.25) is 0 Å². The Balaban J connectivity index is 2.64. The van der Waals surface area contributed by atoms with Crippen LogP contribution in [0.25, 0.3) is 0 Å². The molecule has 1 aromatic rings. The summed E-state index contributed by atoms with van der Waals surface area (Å²) in [6.45, 7) is 4.51. The first-order valence-electron chi connectivity index (χ1n) is 5.47. The highest BCUT2D eigenvalue weighted by Gasteiger charge is 2.06. The molecule has 0 aromatic carbocycles. The van der Waals surface area contributed by atoms with E-state index in [-0.39, 0.29) is 12.5 Å². The number of hydrogen-bond acceptors (Lipinski definition) is 3. The summed E-state index contributed by atoms with van der Waals surface area (Å²) in [5.41, 5.74) is 1.06. The molecule has 0 saturated carbocycles. The largest absolute Gasteiger partial charge is 0.384 e. The average Bonchev–Trinajstić information content (AvgIpc) is 2.34. The summed E-state index contributed by atoms with van der Waals surface area (Å²) in [5, 5.41) is 11.3. The van der Waals surface area contributed by atoms with Crippen molar-refractivity contribution < 1.29 is 9.90 Å². The Bertz CT molecular complexity index is 427. The predicted molar refractivity (Wildman–Crippen MR) is 65.4 cm³/mol. The minimum Gasteiger partial charge on any atom is -0.384 e. The number of aliphatic hydroxyl groups is 1. The van der Waals surface area contributed by atoms with Gasteiger partial charge in [0.2, 0.25) is 0 Å². The molecule has 0 unspecified atom stereocenters. The highest BCUT2D eigenvalue weighted by Crippen LogP contribution is 1.99. The van der Waals surface area contributed by atoms with Gasteiger partial charge in [-0.1, -0.05) is 25.7 Å². The molecule has 1 aromatic heterocycles. The molecule has 0 aliphatic carbocycles.